The molecule has 4 N–H and O–H groups in total. The average molecular weight is 317 g/mol. The van der Waals surface area contributed by atoms with Gasteiger partial charge in [-0.1, -0.05) is 42.5 Å². The third-order valence-electron chi connectivity index (χ3n) is 3.15. The number of urea groups is 1. The predicted molar refractivity (Wildman–Crippen MR) is 80.9 cm³/mol. The fraction of sp³-hybridized carbons (Fsp3) is 0.125. The third-order valence-corrected chi connectivity index (χ3v) is 3.15. The topological polar surface area (TPSA) is 90.5 Å². The summed E-state index contributed by atoms with van der Waals surface area (Å²) < 4.78 is 12.8. The molecule has 0 aliphatic heterocycles. The monoisotopic (exact) mass is 317 g/mol. The third kappa shape index (κ3) is 4.79. The number of halogens is 1. The van der Waals surface area contributed by atoms with Crippen molar-refractivity contribution in [1.29, 1.82) is 0 Å². The number of carbonyl (C=O) groups excluding carboxylic acids is 2. The number of nitrogens with one attached hydrogen (secondary N) is 3. The van der Waals surface area contributed by atoms with Crippen LogP contribution in [0.4, 0.5) is 9.18 Å². The minimum Gasteiger partial charge on any atom is -0.334 e. The van der Waals surface area contributed by atoms with Crippen molar-refractivity contribution in [3.05, 3.63) is 71.5 Å². The fourth-order valence-corrected chi connectivity index (χ4v) is 1.98. The molecule has 3 amide bonds. The minimum absolute atomic E-state index is 0.175. The average Bonchev–Trinajstić information content (AvgIpc) is 2.59. The zero-order valence-electron chi connectivity index (χ0n) is 12.1. The summed E-state index contributed by atoms with van der Waals surface area (Å²) in [6, 6.07) is 12.6. The molecule has 0 bridgehead atoms. The second-order valence-corrected chi connectivity index (χ2v) is 4.77. The van der Waals surface area contributed by atoms with Gasteiger partial charge in [-0.15, -0.1) is 0 Å². The molecule has 0 spiro atoms. The first-order valence-corrected chi connectivity index (χ1v) is 6.88. The molecule has 2 aromatic rings. The van der Waals surface area contributed by atoms with Crippen LogP contribution in [-0.4, -0.2) is 17.1 Å². The molecular weight excluding hydrogens is 301 g/mol. The molecule has 7 heteroatoms. The van der Waals surface area contributed by atoms with E-state index in [9.17, 15) is 14.0 Å². The Bertz CT molecular complexity index is 662. The highest BCUT2D eigenvalue weighted by atomic mass is 19.1. The molecule has 0 aliphatic rings. The standard InChI is InChI=1S/C16H16FN3O3/c17-13-8-6-11(7-9-13)10-18-16(22)19-14(15(21)20-23)12-4-2-1-3-5-12/h1-9,14,23H,10H2,(H,20,21)(H2,18,19,22)/t14-/m0/s1. The molecule has 0 aromatic heterocycles. The Balaban J connectivity index is 1.97. The highest BCUT2D eigenvalue weighted by Crippen LogP contribution is 2.12. The Morgan fingerprint density at radius 1 is 1.04 bits per heavy atom. The molecule has 1 atom stereocenters. The van der Waals surface area contributed by atoms with Crippen molar-refractivity contribution in [2.75, 3.05) is 0 Å². The summed E-state index contributed by atoms with van der Waals surface area (Å²) in [6.45, 7) is 0.175. The van der Waals surface area contributed by atoms with E-state index in [0.717, 1.165) is 0 Å². The van der Waals surface area contributed by atoms with Crippen molar-refractivity contribution in [3.63, 3.8) is 0 Å². The van der Waals surface area contributed by atoms with Crippen molar-refractivity contribution in [2.45, 2.75) is 12.6 Å². The molecule has 120 valence electrons. The van der Waals surface area contributed by atoms with Crippen LogP contribution in [0.5, 0.6) is 0 Å². The van der Waals surface area contributed by atoms with E-state index in [4.69, 9.17) is 5.21 Å². The molecular formula is C16H16FN3O3. The van der Waals surface area contributed by atoms with E-state index in [0.29, 0.717) is 11.1 Å². The second-order valence-electron chi connectivity index (χ2n) is 4.77. The van der Waals surface area contributed by atoms with Gasteiger partial charge in [0.2, 0.25) is 0 Å². The Morgan fingerprint density at radius 3 is 2.30 bits per heavy atom. The van der Waals surface area contributed by atoms with Gasteiger partial charge in [0.1, 0.15) is 11.9 Å². The number of amides is 3. The van der Waals surface area contributed by atoms with E-state index >= 15 is 0 Å². The van der Waals surface area contributed by atoms with E-state index in [1.807, 2.05) is 0 Å². The second kappa shape index (κ2) is 7.90. The van der Waals surface area contributed by atoms with Gasteiger partial charge >= 0.3 is 6.03 Å². The molecule has 0 radical (unpaired) electrons. The first-order chi connectivity index (χ1) is 11.1. The lowest BCUT2D eigenvalue weighted by atomic mass is 10.1. The van der Waals surface area contributed by atoms with Crippen molar-refractivity contribution in [1.82, 2.24) is 16.1 Å². The van der Waals surface area contributed by atoms with Gasteiger partial charge in [0.05, 0.1) is 0 Å². The van der Waals surface area contributed by atoms with Crippen LogP contribution < -0.4 is 16.1 Å². The quantitative estimate of drug-likeness (QED) is 0.501. The first-order valence-electron chi connectivity index (χ1n) is 6.88. The molecule has 23 heavy (non-hydrogen) atoms. The van der Waals surface area contributed by atoms with Crippen molar-refractivity contribution < 1.29 is 19.2 Å². The van der Waals surface area contributed by atoms with E-state index in [2.05, 4.69) is 10.6 Å². The number of benzene rings is 2. The van der Waals surface area contributed by atoms with Crippen LogP contribution in [-0.2, 0) is 11.3 Å². The SMILES string of the molecule is O=C(NCc1ccc(F)cc1)N[C@H](C(=O)NO)c1ccccc1. The van der Waals surface area contributed by atoms with Gasteiger partial charge in [-0.2, -0.15) is 0 Å². The van der Waals surface area contributed by atoms with Crippen molar-refractivity contribution in [3.8, 4) is 0 Å². The van der Waals surface area contributed by atoms with Gasteiger partial charge in [0.25, 0.3) is 5.91 Å². The van der Waals surface area contributed by atoms with Gasteiger partial charge in [-0.05, 0) is 23.3 Å². The Morgan fingerprint density at radius 2 is 1.70 bits per heavy atom. The van der Waals surface area contributed by atoms with E-state index < -0.39 is 18.0 Å². The maximum absolute atomic E-state index is 12.8. The minimum atomic E-state index is -1.03. The zero-order chi connectivity index (χ0) is 16.7. The summed E-state index contributed by atoms with van der Waals surface area (Å²) in [5, 5.41) is 13.8. The van der Waals surface area contributed by atoms with Gasteiger partial charge in [-0.3, -0.25) is 10.0 Å². The normalized spacial score (nSPS) is 11.4. The van der Waals surface area contributed by atoms with Crippen LogP contribution in [0.15, 0.2) is 54.6 Å². The summed E-state index contributed by atoms with van der Waals surface area (Å²) in [5.74, 6) is -1.12. The van der Waals surface area contributed by atoms with Crippen LogP contribution in [0.25, 0.3) is 0 Å². The zero-order valence-corrected chi connectivity index (χ0v) is 12.1. The van der Waals surface area contributed by atoms with Crippen LogP contribution in [0.2, 0.25) is 0 Å². The van der Waals surface area contributed by atoms with E-state index in [1.165, 1.54) is 17.6 Å². The van der Waals surface area contributed by atoms with Crippen LogP contribution in [0.1, 0.15) is 17.2 Å². The summed E-state index contributed by atoms with van der Waals surface area (Å²) >= 11 is 0. The largest absolute Gasteiger partial charge is 0.334 e. The Kier molecular flexibility index (Phi) is 5.65. The highest BCUT2D eigenvalue weighted by molar-refractivity contribution is 5.87. The van der Waals surface area contributed by atoms with Gasteiger partial charge < -0.3 is 10.6 Å². The molecule has 0 saturated carbocycles. The lowest BCUT2D eigenvalue weighted by Gasteiger charge is -2.17. The van der Waals surface area contributed by atoms with Gasteiger partial charge in [0.15, 0.2) is 0 Å². The first kappa shape index (κ1) is 16.4. The predicted octanol–water partition coefficient (Wildman–Crippen LogP) is 1.87. The van der Waals surface area contributed by atoms with E-state index in [1.54, 1.807) is 42.5 Å². The van der Waals surface area contributed by atoms with Gasteiger partial charge in [-0.25, -0.2) is 14.7 Å². The fourth-order valence-electron chi connectivity index (χ4n) is 1.98. The molecule has 0 saturated heterocycles. The lowest BCUT2D eigenvalue weighted by molar-refractivity contribution is -0.131. The Hall–Kier alpha value is -2.93. The number of hydroxylamine groups is 1. The summed E-state index contributed by atoms with van der Waals surface area (Å²) in [7, 11) is 0. The number of hydrogen-bond donors (Lipinski definition) is 4. The van der Waals surface area contributed by atoms with Gasteiger partial charge in [0, 0.05) is 6.54 Å². The summed E-state index contributed by atoms with van der Waals surface area (Å²) in [6.07, 6.45) is 0. The molecule has 0 unspecified atom stereocenters. The van der Waals surface area contributed by atoms with Crippen LogP contribution in [0.3, 0.4) is 0 Å². The van der Waals surface area contributed by atoms with Crippen LogP contribution >= 0.6 is 0 Å². The molecule has 2 rings (SSSR count). The van der Waals surface area contributed by atoms with E-state index in [-0.39, 0.29) is 12.4 Å². The molecule has 6 nitrogen and oxygen atoms in total. The molecule has 2 aromatic carbocycles. The lowest BCUT2D eigenvalue weighted by Crippen LogP contribution is -2.43. The summed E-state index contributed by atoms with van der Waals surface area (Å²) in [4.78, 5) is 23.6. The molecule has 0 fully saturated rings. The smallest absolute Gasteiger partial charge is 0.315 e. The number of hydrogen-bond acceptors (Lipinski definition) is 3. The van der Waals surface area contributed by atoms with Crippen LogP contribution in [0, 0.1) is 5.82 Å². The maximum Gasteiger partial charge on any atom is 0.315 e. The summed E-state index contributed by atoms with van der Waals surface area (Å²) in [5.41, 5.74) is 2.76. The highest BCUT2D eigenvalue weighted by Gasteiger charge is 2.22. The van der Waals surface area contributed by atoms with Crippen molar-refractivity contribution >= 4 is 11.9 Å². The maximum atomic E-state index is 12.8. The van der Waals surface area contributed by atoms with Crippen molar-refractivity contribution in [2.24, 2.45) is 0 Å². The Labute approximate surface area is 132 Å². The molecule has 0 aliphatic carbocycles. The number of carbonyl (C=O) groups is 2. The number of rotatable bonds is 5. The molecule has 0 heterocycles.